The lowest BCUT2D eigenvalue weighted by Gasteiger charge is -2.33. The van der Waals surface area contributed by atoms with Gasteiger partial charge in [0.2, 0.25) is 0 Å². The van der Waals surface area contributed by atoms with Gasteiger partial charge in [-0.25, -0.2) is 4.68 Å². The number of nitrogens with one attached hydrogen (secondary N) is 1. The maximum Gasteiger partial charge on any atom is 0.276 e. The van der Waals surface area contributed by atoms with Gasteiger partial charge in [-0.15, -0.1) is 5.10 Å². The number of amides is 1. The number of anilines is 1. The smallest absolute Gasteiger partial charge is 0.276 e. The predicted molar refractivity (Wildman–Crippen MR) is 106 cm³/mol. The Bertz CT molecular complexity index is 766. The van der Waals surface area contributed by atoms with Crippen molar-refractivity contribution in [3.05, 3.63) is 41.7 Å². The molecule has 144 valence electrons. The molecule has 1 aliphatic heterocycles. The van der Waals surface area contributed by atoms with Gasteiger partial charge in [0.1, 0.15) is 0 Å². The molecule has 2 fully saturated rings. The Morgan fingerprint density at radius 1 is 1.15 bits per heavy atom. The van der Waals surface area contributed by atoms with Gasteiger partial charge < -0.3 is 10.2 Å². The van der Waals surface area contributed by atoms with Crippen LogP contribution in [0.4, 0.5) is 5.69 Å². The van der Waals surface area contributed by atoms with E-state index in [-0.39, 0.29) is 11.9 Å². The Labute approximate surface area is 160 Å². The summed E-state index contributed by atoms with van der Waals surface area (Å²) in [5, 5.41) is 12.1. The second-order valence-electron chi connectivity index (χ2n) is 7.96. The van der Waals surface area contributed by atoms with Crippen molar-refractivity contribution in [1.29, 1.82) is 0 Å². The van der Waals surface area contributed by atoms with Crippen molar-refractivity contribution in [2.45, 2.75) is 58.0 Å². The summed E-state index contributed by atoms with van der Waals surface area (Å²) >= 11 is 0. The molecule has 1 unspecified atom stereocenters. The number of carbonyl (C=O) groups excluding carboxylic acids is 1. The number of hydrogen-bond acceptors (Lipinski definition) is 4. The molecular formula is C21H29N5O. The third-order valence-corrected chi connectivity index (χ3v) is 5.94. The van der Waals surface area contributed by atoms with Gasteiger partial charge in [-0.1, -0.05) is 36.3 Å². The molecule has 27 heavy (non-hydrogen) atoms. The standard InChI is InChI=1S/C21H29N5O/c1-16-20(23-24-26(16)14-17-8-5-6-9-17)21(27)25-13-7-12-19(15-25)22-18-10-3-2-4-11-18/h2-4,10-11,17,19,22H,5-9,12-15H2,1H3. The van der Waals surface area contributed by atoms with Gasteiger partial charge in [0.25, 0.3) is 5.91 Å². The van der Waals surface area contributed by atoms with Crippen LogP contribution in [-0.4, -0.2) is 44.9 Å². The molecule has 6 nitrogen and oxygen atoms in total. The molecule has 2 aliphatic rings. The van der Waals surface area contributed by atoms with Crippen LogP contribution in [0.2, 0.25) is 0 Å². The van der Waals surface area contributed by atoms with Crippen molar-refractivity contribution in [3.63, 3.8) is 0 Å². The summed E-state index contributed by atoms with van der Waals surface area (Å²) in [7, 11) is 0. The quantitative estimate of drug-likeness (QED) is 0.879. The van der Waals surface area contributed by atoms with Crippen LogP contribution in [0.3, 0.4) is 0 Å². The highest BCUT2D eigenvalue weighted by molar-refractivity contribution is 5.93. The van der Waals surface area contributed by atoms with Crippen LogP contribution in [0.15, 0.2) is 30.3 Å². The molecule has 0 radical (unpaired) electrons. The van der Waals surface area contributed by atoms with Gasteiger partial charge in [0.05, 0.1) is 5.69 Å². The molecule has 1 atom stereocenters. The van der Waals surface area contributed by atoms with E-state index in [1.807, 2.05) is 34.7 Å². The largest absolute Gasteiger partial charge is 0.381 e. The molecule has 2 aromatic rings. The molecular weight excluding hydrogens is 338 g/mol. The first-order valence-electron chi connectivity index (χ1n) is 10.2. The Kier molecular flexibility index (Phi) is 5.41. The van der Waals surface area contributed by atoms with Crippen LogP contribution in [0.25, 0.3) is 0 Å². The number of hydrogen-bond donors (Lipinski definition) is 1. The second-order valence-corrected chi connectivity index (χ2v) is 7.96. The van der Waals surface area contributed by atoms with Gasteiger partial charge in [-0.05, 0) is 50.7 Å². The summed E-state index contributed by atoms with van der Waals surface area (Å²) < 4.78 is 1.94. The molecule has 1 aliphatic carbocycles. The first kappa shape index (κ1) is 18.0. The topological polar surface area (TPSA) is 63.1 Å². The monoisotopic (exact) mass is 367 g/mol. The van der Waals surface area contributed by atoms with Gasteiger partial charge in [0.15, 0.2) is 5.69 Å². The van der Waals surface area contributed by atoms with E-state index in [0.29, 0.717) is 18.2 Å². The normalized spacial score (nSPS) is 20.8. The first-order chi connectivity index (χ1) is 13.2. The molecule has 6 heteroatoms. The van der Waals surface area contributed by atoms with Crippen molar-refractivity contribution in [2.24, 2.45) is 5.92 Å². The summed E-state index contributed by atoms with van der Waals surface area (Å²) in [4.78, 5) is 15.0. The highest BCUT2D eigenvalue weighted by Crippen LogP contribution is 2.26. The molecule has 1 saturated carbocycles. The Morgan fingerprint density at radius 3 is 2.70 bits per heavy atom. The van der Waals surface area contributed by atoms with E-state index in [9.17, 15) is 4.79 Å². The minimum atomic E-state index is 0.0183. The number of benzene rings is 1. The lowest BCUT2D eigenvalue weighted by Crippen LogP contribution is -2.45. The molecule has 0 bridgehead atoms. The van der Waals surface area contributed by atoms with Gasteiger partial charge in [-0.3, -0.25) is 4.79 Å². The maximum atomic E-state index is 13.1. The highest BCUT2D eigenvalue weighted by atomic mass is 16.2. The Morgan fingerprint density at radius 2 is 1.93 bits per heavy atom. The van der Waals surface area contributed by atoms with Gasteiger partial charge >= 0.3 is 0 Å². The van der Waals surface area contributed by atoms with E-state index in [0.717, 1.165) is 37.3 Å². The molecule has 2 heterocycles. The van der Waals surface area contributed by atoms with Crippen LogP contribution in [0.5, 0.6) is 0 Å². The zero-order valence-electron chi connectivity index (χ0n) is 16.1. The van der Waals surface area contributed by atoms with E-state index in [1.54, 1.807) is 0 Å². The number of rotatable bonds is 5. The number of likely N-dealkylation sites (tertiary alicyclic amines) is 1. The molecule has 1 saturated heterocycles. The van der Waals surface area contributed by atoms with Crippen LogP contribution in [0, 0.1) is 12.8 Å². The molecule has 1 amide bonds. The fourth-order valence-corrected chi connectivity index (χ4v) is 4.37. The third kappa shape index (κ3) is 4.15. The molecule has 1 aromatic carbocycles. The molecule has 1 N–H and O–H groups in total. The maximum absolute atomic E-state index is 13.1. The number of aromatic nitrogens is 3. The van der Waals surface area contributed by atoms with E-state index < -0.39 is 0 Å². The Hall–Kier alpha value is -2.37. The fourth-order valence-electron chi connectivity index (χ4n) is 4.37. The minimum Gasteiger partial charge on any atom is -0.381 e. The predicted octanol–water partition coefficient (Wildman–Crippen LogP) is 3.49. The number of carbonyl (C=O) groups is 1. The molecule has 1 aromatic heterocycles. The van der Waals surface area contributed by atoms with Crippen LogP contribution in [-0.2, 0) is 6.54 Å². The highest BCUT2D eigenvalue weighted by Gasteiger charge is 2.28. The SMILES string of the molecule is Cc1c(C(=O)N2CCCC(Nc3ccccc3)C2)nnn1CC1CCCC1. The zero-order chi connectivity index (χ0) is 18.6. The van der Waals surface area contributed by atoms with Crippen LogP contribution in [0.1, 0.15) is 54.7 Å². The fraction of sp³-hybridized carbons (Fsp3) is 0.571. The lowest BCUT2D eigenvalue weighted by molar-refractivity contribution is 0.0708. The summed E-state index contributed by atoms with van der Waals surface area (Å²) in [6.45, 7) is 4.37. The number of nitrogens with zero attached hydrogens (tertiary/aromatic N) is 4. The third-order valence-electron chi connectivity index (χ3n) is 5.94. The van der Waals surface area contributed by atoms with E-state index in [2.05, 4.69) is 27.8 Å². The molecule has 4 rings (SSSR count). The summed E-state index contributed by atoms with van der Waals surface area (Å²) in [6.07, 6.45) is 7.24. The van der Waals surface area contributed by atoms with Crippen LogP contribution < -0.4 is 5.32 Å². The lowest BCUT2D eigenvalue weighted by atomic mass is 10.0. The second kappa shape index (κ2) is 8.11. The van der Waals surface area contributed by atoms with Gasteiger partial charge in [0, 0.05) is 31.4 Å². The van der Waals surface area contributed by atoms with Crippen molar-refractivity contribution >= 4 is 11.6 Å². The summed E-state index contributed by atoms with van der Waals surface area (Å²) in [5.41, 5.74) is 2.54. The van der Waals surface area contributed by atoms with Crippen molar-refractivity contribution < 1.29 is 4.79 Å². The zero-order valence-corrected chi connectivity index (χ0v) is 16.1. The van der Waals surface area contributed by atoms with Crippen molar-refractivity contribution in [3.8, 4) is 0 Å². The summed E-state index contributed by atoms with van der Waals surface area (Å²) in [5.74, 6) is 0.701. The average molecular weight is 367 g/mol. The van der Waals surface area contributed by atoms with Crippen LogP contribution >= 0.6 is 0 Å². The van der Waals surface area contributed by atoms with E-state index in [1.165, 1.54) is 25.7 Å². The van der Waals surface area contributed by atoms with E-state index in [4.69, 9.17) is 0 Å². The van der Waals surface area contributed by atoms with Crippen molar-refractivity contribution in [2.75, 3.05) is 18.4 Å². The average Bonchev–Trinajstić information content (AvgIpc) is 3.33. The number of piperidine rings is 1. The minimum absolute atomic E-state index is 0.0183. The Balaban J connectivity index is 1.40. The van der Waals surface area contributed by atoms with Gasteiger partial charge in [-0.2, -0.15) is 0 Å². The summed E-state index contributed by atoms with van der Waals surface area (Å²) in [6, 6.07) is 10.5. The molecule has 0 spiro atoms. The number of para-hydroxylation sites is 1. The first-order valence-corrected chi connectivity index (χ1v) is 10.2. The van der Waals surface area contributed by atoms with E-state index >= 15 is 0 Å². The van der Waals surface area contributed by atoms with Crippen molar-refractivity contribution in [1.82, 2.24) is 19.9 Å².